The van der Waals surface area contributed by atoms with Gasteiger partial charge >= 0.3 is 0 Å². The van der Waals surface area contributed by atoms with Crippen molar-refractivity contribution in [1.29, 1.82) is 0 Å². The summed E-state index contributed by atoms with van der Waals surface area (Å²) in [7, 11) is 0. The Morgan fingerprint density at radius 1 is 1.33 bits per heavy atom. The zero-order valence-electron chi connectivity index (χ0n) is 10.6. The fourth-order valence-corrected chi connectivity index (χ4v) is 3.33. The Morgan fingerprint density at radius 3 is 2.61 bits per heavy atom. The van der Waals surface area contributed by atoms with Crippen molar-refractivity contribution in [3.63, 3.8) is 0 Å². The summed E-state index contributed by atoms with van der Waals surface area (Å²) in [6.45, 7) is 1.67. The Labute approximate surface area is 107 Å². The van der Waals surface area contributed by atoms with Crippen molar-refractivity contribution in [3.05, 3.63) is 24.4 Å². The number of carbonyl (C=O) groups is 1. The van der Waals surface area contributed by atoms with Crippen LogP contribution in [-0.2, 0) is 4.79 Å². The number of piperidine rings is 1. The summed E-state index contributed by atoms with van der Waals surface area (Å²) in [5.74, 6) is 0.900. The fourth-order valence-electron chi connectivity index (χ4n) is 3.33. The van der Waals surface area contributed by atoms with Gasteiger partial charge in [0.25, 0.3) is 0 Å². The minimum absolute atomic E-state index is 0.202. The number of rotatable bonds is 2. The van der Waals surface area contributed by atoms with Crippen LogP contribution in [0.4, 0.5) is 0 Å². The van der Waals surface area contributed by atoms with Gasteiger partial charge in [-0.2, -0.15) is 0 Å². The molecule has 3 rings (SSSR count). The number of pyridine rings is 1. The zero-order valence-corrected chi connectivity index (χ0v) is 10.6. The van der Waals surface area contributed by atoms with Crippen LogP contribution >= 0.6 is 0 Å². The highest BCUT2D eigenvalue weighted by atomic mass is 16.5. The first-order valence-electron chi connectivity index (χ1n) is 6.60. The van der Waals surface area contributed by atoms with Gasteiger partial charge in [0, 0.05) is 44.1 Å². The van der Waals surface area contributed by atoms with Crippen LogP contribution in [0.3, 0.4) is 0 Å². The third-order valence-corrected chi connectivity index (χ3v) is 3.98. The van der Waals surface area contributed by atoms with E-state index in [1.54, 1.807) is 13.1 Å². The van der Waals surface area contributed by atoms with Crippen molar-refractivity contribution in [2.45, 2.75) is 50.8 Å². The molecule has 2 saturated heterocycles. The van der Waals surface area contributed by atoms with Crippen LogP contribution in [-0.4, -0.2) is 34.0 Å². The smallest absolute Gasteiger partial charge is 0.219 e. The Hall–Kier alpha value is -1.58. The van der Waals surface area contributed by atoms with Crippen molar-refractivity contribution in [3.8, 4) is 5.88 Å². The maximum Gasteiger partial charge on any atom is 0.219 e. The summed E-state index contributed by atoms with van der Waals surface area (Å²) >= 11 is 0. The van der Waals surface area contributed by atoms with Gasteiger partial charge in [-0.25, -0.2) is 4.98 Å². The number of amides is 1. The molecule has 0 radical (unpaired) electrons. The second-order valence-electron chi connectivity index (χ2n) is 5.19. The first-order valence-corrected chi connectivity index (χ1v) is 6.60. The van der Waals surface area contributed by atoms with Crippen LogP contribution in [0.25, 0.3) is 0 Å². The van der Waals surface area contributed by atoms with E-state index in [1.807, 2.05) is 18.2 Å². The Kier molecular flexibility index (Phi) is 2.94. The highest BCUT2D eigenvalue weighted by Gasteiger charge is 2.42. The summed E-state index contributed by atoms with van der Waals surface area (Å²) in [6, 6.07) is 6.44. The Morgan fingerprint density at radius 2 is 2.06 bits per heavy atom. The maximum atomic E-state index is 11.6. The number of hydrogen-bond donors (Lipinski definition) is 0. The molecule has 1 aromatic rings. The molecule has 1 aromatic heterocycles. The first-order chi connectivity index (χ1) is 8.74. The molecule has 3 heterocycles. The summed E-state index contributed by atoms with van der Waals surface area (Å²) < 4.78 is 5.92. The van der Waals surface area contributed by atoms with Crippen molar-refractivity contribution in [2.75, 3.05) is 0 Å². The normalized spacial score (nSPS) is 30.3. The SMILES string of the molecule is CC(=O)N1[C@H]2CC[C@H]1CC(Oc1ccccn1)C2. The monoisotopic (exact) mass is 246 g/mol. The second kappa shape index (κ2) is 4.59. The average Bonchev–Trinajstić information content (AvgIpc) is 2.63. The van der Waals surface area contributed by atoms with E-state index in [-0.39, 0.29) is 12.0 Å². The third kappa shape index (κ3) is 2.07. The zero-order chi connectivity index (χ0) is 12.5. The predicted octanol–water partition coefficient (Wildman–Crippen LogP) is 2.00. The van der Waals surface area contributed by atoms with Crippen molar-refractivity contribution in [2.24, 2.45) is 0 Å². The molecule has 18 heavy (non-hydrogen) atoms. The van der Waals surface area contributed by atoms with Crippen molar-refractivity contribution in [1.82, 2.24) is 9.88 Å². The molecule has 2 fully saturated rings. The van der Waals surface area contributed by atoms with E-state index < -0.39 is 0 Å². The van der Waals surface area contributed by atoms with E-state index in [4.69, 9.17) is 4.74 Å². The van der Waals surface area contributed by atoms with Crippen molar-refractivity contribution < 1.29 is 9.53 Å². The van der Waals surface area contributed by atoms with Gasteiger partial charge in [0.1, 0.15) is 6.10 Å². The number of nitrogens with zero attached hydrogens (tertiary/aromatic N) is 2. The van der Waals surface area contributed by atoms with E-state index in [0.717, 1.165) is 25.7 Å². The van der Waals surface area contributed by atoms with Gasteiger partial charge in [-0.05, 0) is 18.9 Å². The number of aromatic nitrogens is 1. The average molecular weight is 246 g/mol. The lowest BCUT2D eigenvalue weighted by Gasteiger charge is -2.38. The molecule has 4 heteroatoms. The molecule has 0 N–H and O–H groups in total. The molecule has 2 atom stereocenters. The topological polar surface area (TPSA) is 42.4 Å². The van der Waals surface area contributed by atoms with Crippen LogP contribution in [0.2, 0.25) is 0 Å². The van der Waals surface area contributed by atoms with Gasteiger partial charge in [-0.15, -0.1) is 0 Å². The van der Waals surface area contributed by atoms with Crippen LogP contribution in [0.15, 0.2) is 24.4 Å². The van der Waals surface area contributed by atoms with Gasteiger partial charge in [0.15, 0.2) is 0 Å². The summed E-state index contributed by atoms with van der Waals surface area (Å²) in [5.41, 5.74) is 0. The molecule has 4 nitrogen and oxygen atoms in total. The molecule has 0 spiro atoms. The van der Waals surface area contributed by atoms with Gasteiger partial charge in [0.05, 0.1) is 0 Å². The molecule has 0 saturated carbocycles. The largest absolute Gasteiger partial charge is 0.474 e. The Bertz CT molecular complexity index is 421. The van der Waals surface area contributed by atoms with E-state index >= 15 is 0 Å². The molecule has 96 valence electrons. The van der Waals surface area contributed by atoms with Gasteiger partial charge in [-0.1, -0.05) is 6.07 Å². The number of carbonyl (C=O) groups excluding carboxylic acids is 1. The quantitative estimate of drug-likeness (QED) is 0.801. The second-order valence-corrected chi connectivity index (χ2v) is 5.19. The van der Waals surface area contributed by atoms with Gasteiger partial charge < -0.3 is 9.64 Å². The lowest BCUT2D eigenvalue weighted by Crippen LogP contribution is -2.48. The summed E-state index contributed by atoms with van der Waals surface area (Å²) in [6.07, 6.45) is 6.06. The van der Waals surface area contributed by atoms with E-state index in [1.165, 1.54) is 0 Å². The first kappa shape index (κ1) is 11.5. The molecule has 2 bridgehead atoms. The van der Waals surface area contributed by atoms with Crippen LogP contribution in [0.1, 0.15) is 32.6 Å². The molecular weight excluding hydrogens is 228 g/mol. The third-order valence-electron chi connectivity index (χ3n) is 3.98. The summed E-state index contributed by atoms with van der Waals surface area (Å²) in [4.78, 5) is 17.8. The fraction of sp³-hybridized carbons (Fsp3) is 0.571. The van der Waals surface area contributed by atoms with Crippen LogP contribution in [0, 0.1) is 0 Å². The van der Waals surface area contributed by atoms with E-state index in [9.17, 15) is 4.79 Å². The highest BCUT2D eigenvalue weighted by molar-refractivity contribution is 5.74. The van der Waals surface area contributed by atoms with E-state index in [0.29, 0.717) is 18.0 Å². The minimum atomic E-state index is 0.202. The molecule has 2 aliphatic rings. The maximum absolute atomic E-state index is 11.6. The molecule has 0 aromatic carbocycles. The molecule has 0 unspecified atom stereocenters. The standard InChI is InChI=1S/C14H18N2O2/c1-10(17)16-11-5-6-12(16)9-13(8-11)18-14-4-2-3-7-15-14/h2-4,7,11-13H,5-6,8-9H2,1H3/t11-,12-/m0/s1. The lowest BCUT2D eigenvalue weighted by molar-refractivity contribution is -0.134. The van der Waals surface area contributed by atoms with Crippen LogP contribution < -0.4 is 4.74 Å². The minimum Gasteiger partial charge on any atom is -0.474 e. The molecular formula is C14H18N2O2. The highest BCUT2D eigenvalue weighted by Crippen LogP contribution is 2.36. The molecule has 1 amide bonds. The van der Waals surface area contributed by atoms with E-state index in [2.05, 4.69) is 9.88 Å². The van der Waals surface area contributed by atoms with Crippen molar-refractivity contribution >= 4 is 5.91 Å². The number of fused-ring (bicyclic) bond motifs is 2. The lowest BCUT2D eigenvalue weighted by atomic mass is 9.99. The molecule has 2 aliphatic heterocycles. The Balaban J connectivity index is 1.67. The molecule has 0 aliphatic carbocycles. The number of hydrogen-bond acceptors (Lipinski definition) is 3. The van der Waals surface area contributed by atoms with Crippen LogP contribution in [0.5, 0.6) is 5.88 Å². The van der Waals surface area contributed by atoms with Gasteiger partial charge in [0.2, 0.25) is 11.8 Å². The summed E-state index contributed by atoms with van der Waals surface area (Å²) in [5, 5.41) is 0. The number of ether oxygens (including phenoxy) is 1. The predicted molar refractivity (Wildman–Crippen MR) is 67.2 cm³/mol. The van der Waals surface area contributed by atoms with Gasteiger partial charge in [-0.3, -0.25) is 4.79 Å².